The van der Waals surface area contributed by atoms with Gasteiger partial charge in [0.15, 0.2) is 5.78 Å². The lowest BCUT2D eigenvalue weighted by Crippen LogP contribution is -2.12. The van der Waals surface area contributed by atoms with E-state index >= 15 is 0 Å². The quantitative estimate of drug-likeness (QED) is 0.333. The zero-order valence-electron chi connectivity index (χ0n) is 14.9. The van der Waals surface area contributed by atoms with Crippen LogP contribution in [0.2, 0.25) is 10.0 Å². The van der Waals surface area contributed by atoms with Crippen LogP contribution in [0.5, 0.6) is 0 Å². The maximum absolute atomic E-state index is 12.9. The van der Waals surface area contributed by atoms with Gasteiger partial charge in [0.05, 0.1) is 9.85 Å². The summed E-state index contributed by atoms with van der Waals surface area (Å²) in [5, 5.41) is 22.6. The van der Waals surface area contributed by atoms with Gasteiger partial charge in [-0.2, -0.15) is 0 Å². The summed E-state index contributed by atoms with van der Waals surface area (Å²) in [4.78, 5) is 33.8. The van der Waals surface area contributed by atoms with Gasteiger partial charge in [0.25, 0.3) is 11.4 Å². The Morgan fingerprint density at radius 2 is 1.21 bits per heavy atom. The van der Waals surface area contributed by atoms with E-state index in [0.29, 0.717) is 51.6 Å². The number of nitrogens with zero attached hydrogens (tertiary/aromatic N) is 2. The summed E-state index contributed by atoms with van der Waals surface area (Å²) in [7, 11) is 0. The molecule has 0 radical (unpaired) electrons. The van der Waals surface area contributed by atoms with Crippen LogP contribution in [0.15, 0.2) is 47.5 Å². The Morgan fingerprint density at radius 1 is 0.793 bits per heavy atom. The highest BCUT2D eigenvalue weighted by atomic mass is 35.5. The van der Waals surface area contributed by atoms with Gasteiger partial charge >= 0.3 is 0 Å². The number of non-ortho nitro benzene ring substituents is 2. The molecule has 0 aliphatic heterocycles. The summed E-state index contributed by atoms with van der Waals surface area (Å²) in [5.74, 6) is -0.235. The van der Waals surface area contributed by atoms with Crippen molar-refractivity contribution in [3.63, 3.8) is 0 Å². The van der Waals surface area contributed by atoms with Gasteiger partial charge in [0.1, 0.15) is 0 Å². The molecule has 148 valence electrons. The number of nitro groups is 2. The first-order valence-electron chi connectivity index (χ1n) is 8.60. The topological polar surface area (TPSA) is 103 Å². The van der Waals surface area contributed by atoms with E-state index in [9.17, 15) is 25.0 Å². The van der Waals surface area contributed by atoms with Crippen LogP contribution < -0.4 is 0 Å². The number of Topliss-reactive ketones (excluding diaryl/α,β-unsaturated/α-hetero) is 1. The number of halogens is 2. The molecule has 1 fully saturated rings. The third-order valence-corrected chi connectivity index (χ3v) is 5.20. The van der Waals surface area contributed by atoms with Gasteiger partial charge in [-0.25, -0.2) is 0 Å². The third kappa shape index (κ3) is 4.70. The van der Waals surface area contributed by atoms with Crippen LogP contribution in [0.4, 0.5) is 11.4 Å². The molecule has 0 heterocycles. The maximum atomic E-state index is 12.9. The number of carbonyl (C=O) groups excluding carboxylic acids is 1. The van der Waals surface area contributed by atoms with Crippen molar-refractivity contribution in [1.29, 1.82) is 0 Å². The molecule has 0 saturated heterocycles. The minimum absolute atomic E-state index is 0.122. The largest absolute Gasteiger partial charge is 0.289 e. The molecule has 1 saturated carbocycles. The monoisotopic (exact) mass is 432 g/mol. The van der Waals surface area contributed by atoms with E-state index in [1.54, 1.807) is 12.2 Å². The zero-order chi connectivity index (χ0) is 21.1. The number of hydrogen-bond acceptors (Lipinski definition) is 5. The minimum Gasteiger partial charge on any atom is -0.289 e. The SMILES string of the molecule is O=C1/C(=C/c2cc([N+](=O)[O-])ccc2Cl)CCC/C1=C\c1cc([N+](=O)[O-])ccc1Cl. The van der Waals surface area contributed by atoms with Crippen LogP contribution >= 0.6 is 23.2 Å². The smallest absolute Gasteiger partial charge is 0.270 e. The van der Waals surface area contributed by atoms with Crippen molar-refractivity contribution in [1.82, 2.24) is 0 Å². The number of rotatable bonds is 4. The van der Waals surface area contributed by atoms with Crippen LogP contribution in [0, 0.1) is 20.2 Å². The molecule has 0 aromatic heterocycles. The number of nitro benzene ring substituents is 2. The highest BCUT2D eigenvalue weighted by Crippen LogP contribution is 2.32. The average molecular weight is 433 g/mol. The van der Waals surface area contributed by atoms with Crippen molar-refractivity contribution in [3.05, 3.63) is 88.9 Å². The summed E-state index contributed by atoms with van der Waals surface area (Å²) in [6.07, 6.45) is 4.79. The highest BCUT2D eigenvalue weighted by Gasteiger charge is 2.22. The van der Waals surface area contributed by atoms with Gasteiger partial charge in [-0.1, -0.05) is 23.2 Å². The van der Waals surface area contributed by atoms with Crippen molar-refractivity contribution in [2.45, 2.75) is 19.3 Å². The van der Waals surface area contributed by atoms with Gasteiger partial charge in [0, 0.05) is 56.6 Å². The summed E-state index contributed by atoms with van der Waals surface area (Å²) in [6, 6.07) is 8.05. The van der Waals surface area contributed by atoms with Gasteiger partial charge in [-0.3, -0.25) is 25.0 Å². The Morgan fingerprint density at radius 3 is 1.59 bits per heavy atom. The van der Waals surface area contributed by atoms with E-state index in [0.717, 1.165) is 0 Å². The van der Waals surface area contributed by atoms with Gasteiger partial charge in [0.2, 0.25) is 0 Å². The molecule has 0 amide bonds. The lowest BCUT2D eigenvalue weighted by atomic mass is 9.86. The molecule has 9 heteroatoms. The standard InChI is InChI=1S/C20H14Cl2N2O5/c21-18-6-4-16(23(26)27)10-14(18)8-12-2-1-3-13(20(12)25)9-15-11-17(24(28)29)5-7-19(15)22/h4-11H,1-3H2/b12-8+,13-9+. The Labute approximate surface area is 175 Å². The second kappa shape index (κ2) is 8.55. The summed E-state index contributed by atoms with van der Waals surface area (Å²) < 4.78 is 0. The number of ketones is 1. The molecule has 2 aromatic carbocycles. The second-order valence-electron chi connectivity index (χ2n) is 6.45. The van der Waals surface area contributed by atoms with Crippen molar-refractivity contribution in [3.8, 4) is 0 Å². The molecule has 0 bridgehead atoms. The lowest BCUT2D eigenvalue weighted by molar-refractivity contribution is -0.385. The Kier molecular flexibility index (Phi) is 6.10. The van der Waals surface area contributed by atoms with E-state index in [4.69, 9.17) is 23.2 Å². The fourth-order valence-electron chi connectivity index (χ4n) is 3.06. The van der Waals surface area contributed by atoms with Crippen molar-refractivity contribution in [2.24, 2.45) is 0 Å². The fraction of sp³-hybridized carbons (Fsp3) is 0.150. The van der Waals surface area contributed by atoms with Crippen molar-refractivity contribution in [2.75, 3.05) is 0 Å². The Balaban J connectivity index is 1.98. The molecule has 2 aromatic rings. The molecule has 0 atom stereocenters. The van der Waals surface area contributed by atoms with Crippen LogP contribution in [-0.2, 0) is 4.79 Å². The molecule has 29 heavy (non-hydrogen) atoms. The molecular formula is C20H14Cl2N2O5. The molecule has 0 N–H and O–H groups in total. The lowest BCUT2D eigenvalue weighted by Gasteiger charge is -2.17. The van der Waals surface area contributed by atoms with E-state index in [1.165, 1.54) is 36.4 Å². The van der Waals surface area contributed by atoms with E-state index < -0.39 is 9.85 Å². The first-order valence-corrected chi connectivity index (χ1v) is 9.35. The number of hydrogen-bond donors (Lipinski definition) is 0. The zero-order valence-corrected chi connectivity index (χ0v) is 16.4. The predicted molar refractivity (Wildman–Crippen MR) is 111 cm³/mol. The summed E-state index contributed by atoms with van der Waals surface area (Å²) >= 11 is 12.3. The summed E-state index contributed by atoms with van der Waals surface area (Å²) in [6.45, 7) is 0. The van der Waals surface area contributed by atoms with Gasteiger partial charge in [-0.05, 0) is 43.5 Å². The molecular weight excluding hydrogens is 419 g/mol. The molecule has 1 aliphatic rings. The van der Waals surface area contributed by atoms with Crippen LogP contribution in [-0.4, -0.2) is 15.6 Å². The van der Waals surface area contributed by atoms with E-state index in [2.05, 4.69) is 0 Å². The summed E-state index contributed by atoms with van der Waals surface area (Å²) in [5.41, 5.74) is 1.46. The van der Waals surface area contributed by atoms with Gasteiger partial charge in [-0.15, -0.1) is 0 Å². The van der Waals surface area contributed by atoms with Gasteiger partial charge < -0.3 is 0 Å². The van der Waals surface area contributed by atoms with Crippen molar-refractivity contribution < 1.29 is 14.6 Å². The molecule has 3 rings (SSSR count). The maximum Gasteiger partial charge on any atom is 0.270 e. The number of benzene rings is 2. The highest BCUT2D eigenvalue weighted by molar-refractivity contribution is 6.33. The minimum atomic E-state index is -0.531. The average Bonchev–Trinajstić information content (AvgIpc) is 2.67. The van der Waals surface area contributed by atoms with Crippen LogP contribution in [0.25, 0.3) is 12.2 Å². The van der Waals surface area contributed by atoms with E-state index in [1.807, 2.05) is 0 Å². The fourth-order valence-corrected chi connectivity index (χ4v) is 3.41. The molecule has 0 spiro atoms. The van der Waals surface area contributed by atoms with Crippen LogP contribution in [0.1, 0.15) is 30.4 Å². The Bertz CT molecular complexity index is 1010. The number of carbonyl (C=O) groups is 1. The van der Waals surface area contributed by atoms with Crippen molar-refractivity contribution >= 4 is 52.5 Å². The normalized spacial score (nSPS) is 17.0. The number of allylic oxidation sites excluding steroid dienone is 2. The van der Waals surface area contributed by atoms with Crippen LogP contribution in [0.3, 0.4) is 0 Å². The molecule has 7 nitrogen and oxygen atoms in total. The Hall–Kier alpha value is -3.03. The first-order chi connectivity index (χ1) is 13.8. The third-order valence-electron chi connectivity index (χ3n) is 4.52. The van der Waals surface area contributed by atoms with E-state index in [-0.39, 0.29) is 17.2 Å². The predicted octanol–water partition coefficient (Wildman–Crippen LogP) is 6.03. The first kappa shape index (κ1) is 20.7. The molecule has 1 aliphatic carbocycles. The molecule has 0 unspecified atom stereocenters. The second-order valence-corrected chi connectivity index (χ2v) is 7.26.